The number of methoxy groups -OCH3 is 1. The van der Waals surface area contributed by atoms with Crippen molar-refractivity contribution in [2.24, 2.45) is 5.92 Å². The zero-order chi connectivity index (χ0) is 24.4. The van der Waals surface area contributed by atoms with E-state index in [1.807, 2.05) is 29.8 Å². The fraction of sp³-hybridized carbons (Fsp3) is 0.286. The lowest BCUT2D eigenvalue weighted by atomic mass is 9.86. The maximum atomic E-state index is 13.1. The second-order valence-electron chi connectivity index (χ2n) is 9.10. The molecule has 2 aromatic heterocycles. The van der Waals surface area contributed by atoms with E-state index in [0.717, 1.165) is 32.7 Å². The van der Waals surface area contributed by atoms with Crippen LogP contribution >= 0.6 is 11.3 Å². The molecule has 180 valence electrons. The van der Waals surface area contributed by atoms with E-state index in [4.69, 9.17) is 4.74 Å². The number of aromatic nitrogens is 1. The van der Waals surface area contributed by atoms with Crippen molar-refractivity contribution in [2.75, 3.05) is 7.11 Å². The summed E-state index contributed by atoms with van der Waals surface area (Å²) in [6.07, 6.45) is 4.67. The number of amides is 1. The smallest absolute Gasteiger partial charge is 0.306 e. The van der Waals surface area contributed by atoms with Crippen molar-refractivity contribution in [3.05, 3.63) is 77.3 Å². The number of nitrogens with zero attached hydrogens (tertiary/aromatic N) is 1. The molecule has 0 atom stereocenters. The highest BCUT2D eigenvalue weighted by Crippen LogP contribution is 2.30. The summed E-state index contributed by atoms with van der Waals surface area (Å²) in [4.78, 5) is 24.3. The molecule has 4 aromatic rings. The molecule has 1 aliphatic rings. The molecule has 5 rings (SSSR count). The number of hydrogen-bond acceptors (Lipinski definition) is 4. The van der Waals surface area contributed by atoms with Gasteiger partial charge in [-0.3, -0.25) is 9.59 Å². The molecule has 0 radical (unpaired) electrons. The number of ether oxygens (including phenoxy) is 1. The molecule has 2 heterocycles. The van der Waals surface area contributed by atoms with Crippen LogP contribution in [-0.2, 0) is 11.3 Å². The molecule has 2 N–H and O–H groups in total. The van der Waals surface area contributed by atoms with Gasteiger partial charge in [0.25, 0.3) is 5.91 Å². The third-order valence-corrected chi connectivity index (χ3v) is 7.79. The number of carboxylic acid groups (broad SMARTS) is 1. The summed E-state index contributed by atoms with van der Waals surface area (Å²) in [6.45, 7) is 0.669. The first-order valence-electron chi connectivity index (χ1n) is 11.8. The Morgan fingerprint density at radius 3 is 2.54 bits per heavy atom. The van der Waals surface area contributed by atoms with Gasteiger partial charge >= 0.3 is 5.97 Å². The van der Waals surface area contributed by atoms with Crippen LogP contribution in [0.3, 0.4) is 0 Å². The summed E-state index contributed by atoms with van der Waals surface area (Å²) in [5.41, 5.74) is 5.01. The molecule has 0 saturated heterocycles. The average Bonchev–Trinajstić information content (AvgIpc) is 3.48. The van der Waals surface area contributed by atoms with E-state index >= 15 is 0 Å². The number of fused-ring (bicyclic) bond motifs is 1. The molecule has 1 fully saturated rings. The van der Waals surface area contributed by atoms with Gasteiger partial charge in [0.15, 0.2) is 0 Å². The van der Waals surface area contributed by atoms with E-state index in [0.29, 0.717) is 37.8 Å². The lowest BCUT2D eigenvalue weighted by Gasteiger charge is -2.26. The van der Waals surface area contributed by atoms with Gasteiger partial charge in [-0.25, -0.2) is 0 Å². The minimum Gasteiger partial charge on any atom is -0.497 e. The number of hydrogen-bond donors (Lipinski definition) is 2. The quantitative estimate of drug-likeness (QED) is 0.345. The van der Waals surface area contributed by atoms with Crippen LogP contribution < -0.4 is 10.1 Å². The van der Waals surface area contributed by atoms with Crippen LogP contribution in [0.1, 0.15) is 41.6 Å². The maximum Gasteiger partial charge on any atom is 0.306 e. The van der Waals surface area contributed by atoms with Crippen molar-refractivity contribution in [1.29, 1.82) is 0 Å². The fourth-order valence-electron chi connectivity index (χ4n) is 4.86. The van der Waals surface area contributed by atoms with Crippen LogP contribution in [0.4, 0.5) is 0 Å². The lowest BCUT2D eigenvalue weighted by Crippen LogP contribution is -2.38. The Balaban J connectivity index is 1.30. The summed E-state index contributed by atoms with van der Waals surface area (Å²) in [5.74, 6) is -0.268. The van der Waals surface area contributed by atoms with Crippen LogP contribution in [0.15, 0.2) is 66.2 Å². The summed E-state index contributed by atoms with van der Waals surface area (Å²) in [5, 5.41) is 14.3. The van der Waals surface area contributed by atoms with E-state index in [1.165, 1.54) is 0 Å². The average molecular weight is 489 g/mol. The minimum atomic E-state index is -0.733. The van der Waals surface area contributed by atoms with E-state index in [1.54, 1.807) is 18.4 Å². The molecule has 6 nitrogen and oxygen atoms in total. The van der Waals surface area contributed by atoms with E-state index < -0.39 is 5.97 Å². The lowest BCUT2D eigenvalue weighted by molar-refractivity contribution is -0.142. The van der Waals surface area contributed by atoms with Gasteiger partial charge in [-0.1, -0.05) is 36.4 Å². The van der Waals surface area contributed by atoms with Crippen LogP contribution in [0.25, 0.3) is 21.3 Å². The third kappa shape index (κ3) is 4.95. The summed E-state index contributed by atoms with van der Waals surface area (Å²) in [7, 11) is 1.67. The molecule has 0 unspecified atom stereocenters. The van der Waals surface area contributed by atoms with Crippen molar-refractivity contribution in [3.8, 4) is 16.9 Å². The standard InChI is InChI=1S/C28H28N2O4S/c1-34-23-4-2-3-21(15-23)19-7-5-18(6-8-19)16-30-14-13-25-26(30)24(17-35-25)27(31)29-22-11-9-20(10-12-22)28(32)33/h2-8,13-15,17,20,22H,9-12,16H2,1H3,(H,29,31)(H,32,33). The number of aliphatic carboxylic acids is 1. The number of carbonyl (C=O) groups excluding carboxylic acids is 1. The summed E-state index contributed by atoms with van der Waals surface area (Å²) < 4.78 is 8.55. The second-order valence-corrected chi connectivity index (χ2v) is 10.0. The highest BCUT2D eigenvalue weighted by molar-refractivity contribution is 7.17. The molecule has 0 spiro atoms. The first-order chi connectivity index (χ1) is 17.0. The first-order valence-corrected chi connectivity index (χ1v) is 12.7. The van der Waals surface area contributed by atoms with E-state index in [2.05, 4.69) is 46.3 Å². The molecule has 1 aliphatic carbocycles. The Kier molecular flexibility index (Phi) is 6.59. The van der Waals surface area contributed by atoms with E-state index in [9.17, 15) is 14.7 Å². The Morgan fingerprint density at radius 2 is 1.83 bits per heavy atom. The largest absolute Gasteiger partial charge is 0.497 e. The van der Waals surface area contributed by atoms with Crippen LogP contribution in [0, 0.1) is 5.92 Å². The number of carbonyl (C=O) groups is 2. The van der Waals surface area contributed by atoms with Gasteiger partial charge < -0.3 is 19.7 Å². The predicted octanol–water partition coefficient (Wildman–Crippen LogP) is 5.80. The molecular formula is C28H28N2O4S. The van der Waals surface area contributed by atoms with Crippen molar-refractivity contribution in [2.45, 2.75) is 38.3 Å². The van der Waals surface area contributed by atoms with Crippen molar-refractivity contribution in [1.82, 2.24) is 9.88 Å². The van der Waals surface area contributed by atoms with Crippen LogP contribution in [0.5, 0.6) is 5.75 Å². The number of thiophene rings is 1. The van der Waals surface area contributed by atoms with E-state index in [-0.39, 0.29) is 17.9 Å². The summed E-state index contributed by atoms with van der Waals surface area (Å²) in [6, 6.07) is 18.6. The number of benzene rings is 2. The number of rotatable bonds is 7. The fourth-order valence-corrected chi connectivity index (χ4v) is 5.80. The Labute approximate surface area is 208 Å². The van der Waals surface area contributed by atoms with Gasteiger partial charge in [-0.05, 0) is 60.6 Å². The number of nitrogens with one attached hydrogen (secondary N) is 1. The van der Waals surface area contributed by atoms with Gasteiger partial charge in [-0.2, -0.15) is 0 Å². The maximum absolute atomic E-state index is 13.1. The van der Waals surface area contributed by atoms with Crippen LogP contribution in [-0.4, -0.2) is 34.7 Å². The zero-order valence-electron chi connectivity index (χ0n) is 19.6. The molecule has 1 saturated carbocycles. The SMILES string of the molecule is COc1cccc(-c2ccc(Cn3ccc4scc(C(=O)NC5CCC(C(=O)O)CC5)c43)cc2)c1. The normalized spacial score (nSPS) is 17.9. The highest BCUT2D eigenvalue weighted by atomic mass is 32.1. The first kappa shape index (κ1) is 23.2. The van der Waals surface area contributed by atoms with Crippen molar-refractivity contribution < 1.29 is 19.4 Å². The monoisotopic (exact) mass is 488 g/mol. The molecule has 2 aromatic carbocycles. The Hall–Kier alpha value is -3.58. The molecule has 0 aliphatic heterocycles. The van der Waals surface area contributed by atoms with Gasteiger partial charge in [0.1, 0.15) is 5.75 Å². The molecule has 35 heavy (non-hydrogen) atoms. The second kappa shape index (κ2) is 9.96. The van der Waals surface area contributed by atoms with Crippen molar-refractivity contribution >= 4 is 33.4 Å². The number of carboxylic acids is 1. The zero-order valence-corrected chi connectivity index (χ0v) is 20.4. The van der Waals surface area contributed by atoms with Gasteiger partial charge in [0, 0.05) is 24.2 Å². The third-order valence-electron chi connectivity index (χ3n) is 6.85. The van der Waals surface area contributed by atoms with Crippen LogP contribution in [0.2, 0.25) is 0 Å². The minimum absolute atomic E-state index is 0.0283. The molecule has 7 heteroatoms. The molecule has 0 bridgehead atoms. The van der Waals surface area contributed by atoms with Crippen molar-refractivity contribution in [3.63, 3.8) is 0 Å². The highest BCUT2D eigenvalue weighted by Gasteiger charge is 2.27. The topological polar surface area (TPSA) is 80.6 Å². The summed E-state index contributed by atoms with van der Waals surface area (Å²) >= 11 is 1.57. The van der Waals surface area contributed by atoms with Gasteiger partial charge in [0.2, 0.25) is 0 Å². The predicted molar refractivity (Wildman–Crippen MR) is 138 cm³/mol. The Morgan fingerprint density at radius 1 is 1.06 bits per heavy atom. The Bertz CT molecular complexity index is 1350. The van der Waals surface area contributed by atoms with Gasteiger partial charge in [0.05, 0.1) is 28.8 Å². The van der Waals surface area contributed by atoms with Gasteiger partial charge in [-0.15, -0.1) is 11.3 Å². The molecular weight excluding hydrogens is 460 g/mol. The molecule has 1 amide bonds.